The van der Waals surface area contributed by atoms with Gasteiger partial charge in [-0.1, -0.05) is 25.1 Å². The molecule has 0 unspecified atom stereocenters. The van der Waals surface area contributed by atoms with Crippen LogP contribution in [0.5, 0.6) is 0 Å². The molecule has 0 aliphatic carbocycles. The lowest BCUT2D eigenvalue weighted by atomic mass is 10.1. The molecular weight excluding hydrogens is 242 g/mol. The number of aliphatic carboxylic acids is 1. The van der Waals surface area contributed by atoms with E-state index in [9.17, 15) is 9.59 Å². The molecule has 0 fully saturated rings. The van der Waals surface area contributed by atoms with Crippen molar-refractivity contribution in [1.29, 1.82) is 0 Å². The van der Waals surface area contributed by atoms with Gasteiger partial charge in [-0.3, -0.25) is 14.2 Å². The van der Waals surface area contributed by atoms with E-state index < -0.39 is 5.97 Å². The van der Waals surface area contributed by atoms with Gasteiger partial charge in [0.05, 0.1) is 5.52 Å². The normalized spacial score (nSPS) is 10.8. The van der Waals surface area contributed by atoms with Gasteiger partial charge in [0.25, 0.3) is 0 Å². The van der Waals surface area contributed by atoms with Crippen molar-refractivity contribution < 1.29 is 14.7 Å². The average Bonchev–Trinajstić information content (AvgIpc) is 2.77. The van der Waals surface area contributed by atoms with Crippen LogP contribution in [-0.2, 0) is 11.2 Å². The van der Waals surface area contributed by atoms with Gasteiger partial charge in [-0.25, -0.2) is 0 Å². The molecule has 0 aliphatic rings. The average molecular weight is 259 g/mol. The zero-order chi connectivity index (χ0) is 13.8. The predicted molar refractivity (Wildman–Crippen MR) is 73.4 cm³/mol. The molecule has 0 bridgehead atoms. The van der Waals surface area contributed by atoms with Crippen molar-refractivity contribution in [3.05, 3.63) is 36.0 Å². The topological polar surface area (TPSA) is 59.3 Å². The summed E-state index contributed by atoms with van der Waals surface area (Å²) in [5.41, 5.74) is 1.94. The third-order valence-electron chi connectivity index (χ3n) is 3.20. The summed E-state index contributed by atoms with van der Waals surface area (Å²) >= 11 is 0. The highest BCUT2D eigenvalue weighted by Gasteiger charge is 2.12. The molecule has 0 radical (unpaired) electrons. The number of benzene rings is 1. The number of carboxylic acids is 1. The fourth-order valence-corrected chi connectivity index (χ4v) is 2.26. The third kappa shape index (κ3) is 2.84. The lowest BCUT2D eigenvalue weighted by Gasteiger charge is -1.99. The van der Waals surface area contributed by atoms with Crippen molar-refractivity contribution in [2.24, 2.45) is 0 Å². The maximum Gasteiger partial charge on any atom is 0.303 e. The summed E-state index contributed by atoms with van der Waals surface area (Å²) in [5.74, 6) is -0.728. The maximum atomic E-state index is 11.9. The van der Waals surface area contributed by atoms with E-state index in [1.807, 2.05) is 37.4 Å². The highest BCUT2D eigenvalue weighted by molar-refractivity contribution is 5.94. The lowest BCUT2D eigenvalue weighted by molar-refractivity contribution is -0.137. The molecule has 19 heavy (non-hydrogen) atoms. The van der Waals surface area contributed by atoms with Crippen LogP contribution in [0.1, 0.15) is 36.5 Å². The van der Waals surface area contributed by atoms with Gasteiger partial charge in [0.2, 0.25) is 5.91 Å². The first-order valence-corrected chi connectivity index (χ1v) is 6.47. The van der Waals surface area contributed by atoms with Crippen LogP contribution in [0.4, 0.5) is 0 Å². The highest BCUT2D eigenvalue weighted by Crippen LogP contribution is 2.23. The van der Waals surface area contributed by atoms with Gasteiger partial charge in [0.15, 0.2) is 0 Å². The molecule has 4 heteroatoms. The Morgan fingerprint density at radius 2 is 2.00 bits per heavy atom. The molecule has 0 saturated carbocycles. The van der Waals surface area contributed by atoms with E-state index in [2.05, 4.69) is 0 Å². The second kappa shape index (κ2) is 5.69. The molecule has 1 N–H and O–H groups in total. The molecule has 1 aromatic heterocycles. The minimum atomic E-state index is -0.784. The Bertz CT molecular complexity index is 613. The van der Waals surface area contributed by atoms with Crippen molar-refractivity contribution in [3.8, 4) is 0 Å². The van der Waals surface area contributed by atoms with Crippen LogP contribution in [0.3, 0.4) is 0 Å². The van der Waals surface area contributed by atoms with Gasteiger partial charge >= 0.3 is 5.97 Å². The Balaban J connectivity index is 2.33. The molecule has 0 saturated heterocycles. The molecule has 1 heterocycles. The summed E-state index contributed by atoms with van der Waals surface area (Å²) < 4.78 is 1.67. The minimum absolute atomic E-state index is 0.0562. The van der Waals surface area contributed by atoms with Crippen molar-refractivity contribution >= 4 is 22.8 Å². The molecule has 0 amide bonds. The summed E-state index contributed by atoms with van der Waals surface area (Å²) in [4.78, 5) is 22.4. The number of aryl methyl sites for hydroxylation is 1. The first-order chi connectivity index (χ1) is 9.13. The number of rotatable bonds is 5. The zero-order valence-electron chi connectivity index (χ0n) is 10.9. The third-order valence-corrected chi connectivity index (χ3v) is 3.20. The van der Waals surface area contributed by atoms with E-state index in [4.69, 9.17) is 5.11 Å². The van der Waals surface area contributed by atoms with Crippen molar-refractivity contribution in [1.82, 2.24) is 4.57 Å². The van der Waals surface area contributed by atoms with Crippen molar-refractivity contribution in [2.45, 2.75) is 32.6 Å². The number of para-hydroxylation sites is 1. The van der Waals surface area contributed by atoms with E-state index in [1.165, 1.54) is 0 Å². The number of carbonyl (C=O) groups is 2. The van der Waals surface area contributed by atoms with E-state index >= 15 is 0 Å². The van der Waals surface area contributed by atoms with Gasteiger partial charge in [-0.05, 0) is 24.5 Å². The number of carbonyl (C=O) groups excluding carboxylic acids is 1. The number of nitrogens with zero attached hydrogens (tertiary/aromatic N) is 1. The summed E-state index contributed by atoms with van der Waals surface area (Å²) in [6.07, 6.45) is 3.72. The van der Waals surface area contributed by atoms with Crippen LogP contribution in [0.2, 0.25) is 0 Å². The van der Waals surface area contributed by atoms with Crippen LogP contribution in [0.25, 0.3) is 10.9 Å². The smallest absolute Gasteiger partial charge is 0.303 e. The van der Waals surface area contributed by atoms with Gasteiger partial charge in [0.1, 0.15) is 0 Å². The summed E-state index contributed by atoms with van der Waals surface area (Å²) in [6, 6.07) is 7.74. The van der Waals surface area contributed by atoms with E-state index in [0.29, 0.717) is 19.3 Å². The van der Waals surface area contributed by atoms with E-state index in [-0.39, 0.29) is 12.3 Å². The second-order valence-corrected chi connectivity index (χ2v) is 4.54. The number of hydrogen-bond donors (Lipinski definition) is 1. The molecule has 0 aliphatic heterocycles. The number of carboxylic acid groups (broad SMARTS) is 1. The lowest BCUT2D eigenvalue weighted by Crippen LogP contribution is -2.06. The first-order valence-electron chi connectivity index (χ1n) is 6.47. The van der Waals surface area contributed by atoms with Crippen molar-refractivity contribution in [2.75, 3.05) is 0 Å². The maximum absolute atomic E-state index is 11.9. The zero-order valence-corrected chi connectivity index (χ0v) is 10.9. The Labute approximate surface area is 111 Å². The molecule has 0 spiro atoms. The molecule has 0 atom stereocenters. The summed E-state index contributed by atoms with van der Waals surface area (Å²) in [6.45, 7) is 1.83. The standard InChI is InChI=1S/C15H17NO3/c1-2-14(17)16-10-11(6-5-9-15(18)19)12-7-3-4-8-13(12)16/h3-4,7-8,10H,2,5-6,9H2,1H3,(H,18,19). The van der Waals surface area contributed by atoms with Gasteiger partial charge in [-0.2, -0.15) is 0 Å². The van der Waals surface area contributed by atoms with E-state index in [1.54, 1.807) is 4.57 Å². The molecular formula is C15H17NO3. The fraction of sp³-hybridized carbons (Fsp3) is 0.333. The van der Waals surface area contributed by atoms with Crippen LogP contribution in [0, 0.1) is 0 Å². The van der Waals surface area contributed by atoms with Gasteiger partial charge in [-0.15, -0.1) is 0 Å². The first kappa shape index (κ1) is 13.3. The molecule has 4 nitrogen and oxygen atoms in total. The largest absolute Gasteiger partial charge is 0.481 e. The Hall–Kier alpha value is -2.10. The second-order valence-electron chi connectivity index (χ2n) is 4.54. The SMILES string of the molecule is CCC(=O)n1cc(CCCC(=O)O)c2ccccc21. The molecule has 1 aromatic carbocycles. The quantitative estimate of drug-likeness (QED) is 0.897. The fourth-order valence-electron chi connectivity index (χ4n) is 2.26. The summed E-state index contributed by atoms with van der Waals surface area (Å²) in [5, 5.41) is 9.71. The van der Waals surface area contributed by atoms with Gasteiger partial charge in [0, 0.05) is 24.4 Å². The van der Waals surface area contributed by atoms with Crippen LogP contribution in [0.15, 0.2) is 30.5 Å². The Morgan fingerprint density at radius 1 is 1.26 bits per heavy atom. The van der Waals surface area contributed by atoms with Crippen molar-refractivity contribution in [3.63, 3.8) is 0 Å². The van der Waals surface area contributed by atoms with Crippen LogP contribution in [-0.4, -0.2) is 21.6 Å². The minimum Gasteiger partial charge on any atom is -0.481 e. The Morgan fingerprint density at radius 3 is 2.68 bits per heavy atom. The van der Waals surface area contributed by atoms with Crippen LogP contribution < -0.4 is 0 Å². The monoisotopic (exact) mass is 259 g/mol. The number of fused-ring (bicyclic) bond motifs is 1. The molecule has 2 aromatic rings. The van der Waals surface area contributed by atoms with E-state index in [0.717, 1.165) is 16.5 Å². The van der Waals surface area contributed by atoms with Gasteiger partial charge < -0.3 is 5.11 Å². The molecule has 2 rings (SSSR count). The molecule has 100 valence electrons. The Kier molecular flexibility index (Phi) is 4.00. The van der Waals surface area contributed by atoms with Crippen LogP contribution >= 0.6 is 0 Å². The summed E-state index contributed by atoms with van der Waals surface area (Å²) in [7, 11) is 0. The highest BCUT2D eigenvalue weighted by atomic mass is 16.4. The number of hydrogen-bond acceptors (Lipinski definition) is 2. The number of aromatic nitrogens is 1. The predicted octanol–water partition coefficient (Wildman–Crippen LogP) is 3.10.